The number of hydrogen-bond acceptors (Lipinski definition) is 5. The molecule has 164 valence electrons. The van der Waals surface area contributed by atoms with Crippen molar-refractivity contribution in [2.24, 2.45) is 9.50 Å². The monoisotopic (exact) mass is 446 g/mol. The van der Waals surface area contributed by atoms with Gasteiger partial charge < -0.3 is 10.4 Å². The normalized spacial score (nSPS) is 15.6. The van der Waals surface area contributed by atoms with Gasteiger partial charge in [-0.05, 0) is 38.7 Å². The van der Waals surface area contributed by atoms with Gasteiger partial charge in [0.05, 0.1) is 18.0 Å². The molecule has 1 aliphatic rings. The van der Waals surface area contributed by atoms with E-state index >= 15 is 0 Å². The van der Waals surface area contributed by atoms with E-state index in [4.69, 9.17) is 5.14 Å². The lowest BCUT2D eigenvalue weighted by Crippen LogP contribution is -2.21. The number of carbonyl (C=O) groups is 1. The van der Waals surface area contributed by atoms with Crippen molar-refractivity contribution in [3.8, 4) is 0 Å². The van der Waals surface area contributed by atoms with Gasteiger partial charge in [-0.15, -0.1) is 4.36 Å². The quantitative estimate of drug-likeness (QED) is 0.663. The zero-order valence-corrected chi connectivity index (χ0v) is 17.1. The number of nitrogens with one attached hydrogen (secondary N) is 1. The van der Waals surface area contributed by atoms with Crippen LogP contribution in [0.5, 0.6) is 0 Å². The van der Waals surface area contributed by atoms with Gasteiger partial charge in [0.1, 0.15) is 5.69 Å². The topological polar surface area (TPSA) is 135 Å². The van der Waals surface area contributed by atoms with Gasteiger partial charge >= 0.3 is 12.2 Å². The second-order valence-corrected chi connectivity index (χ2v) is 8.51. The van der Waals surface area contributed by atoms with Crippen LogP contribution in [0, 0.1) is 6.92 Å². The number of halogens is 3. The van der Waals surface area contributed by atoms with Crippen LogP contribution in [0.3, 0.4) is 0 Å². The molecule has 2 heterocycles. The average Bonchev–Trinajstić information content (AvgIpc) is 3.28. The number of aliphatic hydroxyl groups excluding tert-OH is 1. The number of aromatic nitrogens is 3. The second kappa shape index (κ2) is 7.96. The molecule has 0 fully saturated rings. The van der Waals surface area contributed by atoms with Crippen LogP contribution < -0.4 is 10.5 Å². The van der Waals surface area contributed by atoms with E-state index in [1.165, 1.54) is 17.7 Å². The summed E-state index contributed by atoms with van der Waals surface area (Å²) in [5.74, 6) is 0. The molecular weight excluding hydrogens is 425 g/mol. The second-order valence-electron chi connectivity index (χ2n) is 6.77. The largest absolute Gasteiger partial charge is 0.433 e. The SMILES string of the molecule is CCn1nc(S(N)(=O)=NC(=O)Nc2c(C)c(C(F)(F)F)nc3c2CCC3)cc1CO. The highest BCUT2D eigenvalue weighted by Crippen LogP contribution is 2.38. The van der Waals surface area contributed by atoms with E-state index in [9.17, 15) is 27.3 Å². The lowest BCUT2D eigenvalue weighted by atomic mass is 10.1. The molecule has 0 bridgehead atoms. The molecule has 2 aromatic heterocycles. The Labute approximate surface area is 170 Å². The van der Waals surface area contributed by atoms with E-state index in [0.717, 1.165) is 0 Å². The Morgan fingerprint density at radius 3 is 2.70 bits per heavy atom. The Hall–Kier alpha value is -2.51. The molecule has 0 radical (unpaired) electrons. The van der Waals surface area contributed by atoms with E-state index < -0.39 is 27.8 Å². The number of nitrogens with zero attached hydrogens (tertiary/aromatic N) is 4. The maximum Gasteiger partial charge on any atom is 0.433 e. The fraction of sp³-hybridized carbons (Fsp3) is 0.471. The highest BCUT2D eigenvalue weighted by molar-refractivity contribution is 7.91. The van der Waals surface area contributed by atoms with Crippen molar-refractivity contribution in [2.75, 3.05) is 5.32 Å². The molecule has 2 aromatic rings. The molecular formula is C17H21F3N6O3S. The standard InChI is InChI=1S/C17H21F3N6O3S/c1-3-26-10(8-27)7-13(24-26)30(21,29)25-16(28)23-14-9(2)15(17(18,19)20)22-12-6-4-5-11(12)14/h7,27H,3-6,8H2,1-2H3,(H3,21,22,23,25,28,29). The Balaban J connectivity index is 1.99. The van der Waals surface area contributed by atoms with Crippen LogP contribution in [-0.4, -0.2) is 30.1 Å². The first kappa shape index (κ1) is 22.2. The summed E-state index contributed by atoms with van der Waals surface area (Å²) in [6.45, 7) is 2.93. The van der Waals surface area contributed by atoms with Crippen molar-refractivity contribution in [2.45, 2.75) is 57.5 Å². The highest BCUT2D eigenvalue weighted by Gasteiger charge is 2.37. The van der Waals surface area contributed by atoms with Gasteiger partial charge in [-0.3, -0.25) is 4.68 Å². The summed E-state index contributed by atoms with van der Waals surface area (Å²) in [6.07, 6.45) is -3.26. The summed E-state index contributed by atoms with van der Waals surface area (Å²) in [7, 11) is -3.78. The highest BCUT2D eigenvalue weighted by atomic mass is 32.2. The Bertz CT molecular complexity index is 1100. The molecule has 0 spiro atoms. The van der Waals surface area contributed by atoms with Gasteiger partial charge in [-0.1, -0.05) is 0 Å². The lowest BCUT2D eigenvalue weighted by Gasteiger charge is -2.17. The number of hydrogen-bond donors (Lipinski definition) is 3. The number of alkyl halides is 3. The van der Waals surface area contributed by atoms with Crippen molar-refractivity contribution in [1.82, 2.24) is 14.8 Å². The molecule has 0 saturated carbocycles. The van der Waals surface area contributed by atoms with Gasteiger partial charge in [0.2, 0.25) is 0 Å². The number of rotatable bonds is 4. The summed E-state index contributed by atoms with van der Waals surface area (Å²) < 4.78 is 57.6. The van der Waals surface area contributed by atoms with E-state index in [2.05, 4.69) is 19.8 Å². The van der Waals surface area contributed by atoms with Gasteiger partial charge in [0.15, 0.2) is 14.9 Å². The van der Waals surface area contributed by atoms with Gasteiger partial charge in [-0.2, -0.15) is 18.3 Å². The van der Waals surface area contributed by atoms with Crippen molar-refractivity contribution >= 4 is 21.6 Å². The van der Waals surface area contributed by atoms with Crippen molar-refractivity contribution in [1.29, 1.82) is 0 Å². The molecule has 13 heteroatoms. The Morgan fingerprint density at radius 2 is 2.13 bits per heavy atom. The summed E-state index contributed by atoms with van der Waals surface area (Å²) >= 11 is 0. The molecule has 1 atom stereocenters. The van der Waals surface area contributed by atoms with Crippen LogP contribution in [0.25, 0.3) is 0 Å². The van der Waals surface area contributed by atoms with Crippen LogP contribution in [-0.2, 0) is 42.1 Å². The molecule has 0 saturated heterocycles. The first-order valence-electron chi connectivity index (χ1n) is 9.11. The third-order valence-electron chi connectivity index (χ3n) is 4.79. The number of anilines is 1. The van der Waals surface area contributed by atoms with Crippen LogP contribution >= 0.6 is 0 Å². The van der Waals surface area contributed by atoms with Crippen LogP contribution in [0.1, 0.15) is 41.6 Å². The van der Waals surface area contributed by atoms with Crippen LogP contribution in [0.15, 0.2) is 15.5 Å². The fourth-order valence-corrected chi connectivity index (χ4v) is 4.31. The minimum Gasteiger partial charge on any atom is -0.390 e. The molecule has 9 nitrogen and oxygen atoms in total. The summed E-state index contributed by atoms with van der Waals surface area (Å²) in [4.78, 5) is 16.1. The first-order valence-corrected chi connectivity index (χ1v) is 10.7. The number of fused-ring (bicyclic) bond motifs is 1. The molecule has 1 unspecified atom stereocenters. The average molecular weight is 446 g/mol. The predicted octanol–water partition coefficient (Wildman–Crippen LogP) is 2.54. The first-order chi connectivity index (χ1) is 14.0. The summed E-state index contributed by atoms with van der Waals surface area (Å²) in [5, 5.41) is 21.1. The Kier molecular flexibility index (Phi) is 5.89. The van der Waals surface area contributed by atoms with Gasteiger partial charge in [0, 0.05) is 23.9 Å². The van der Waals surface area contributed by atoms with Crippen molar-refractivity contribution < 1.29 is 27.3 Å². The maximum atomic E-state index is 13.3. The minimum atomic E-state index is -4.69. The summed E-state index contributed by atoms with van der Waals surface area (Å²) in [6, 6.07) is 0.107. The van der Waals surface area contributed by atoms with Crippen molar-refractivity contribution in [3.05, 3.63) is 34.3 Å². The molecule has 0 aromatic carbocycles. The number of pyridine rings is 1. The van der Waals surface area contributed by atoms with Crippen LogP contribution in [0.4, 0.5) is 23.7 Å². The number of aryl methyl sites for hydroxylation is 2. The fourth-order valence-electron chi connectivity index (χ4n) is 3.40. The van der Waals surface area contributed by atoms with E-state index in [1.54, 1.807) is 6.92 Å². The van der Waals surface area contributed by atoms with E-state index in [1.807, 2.05) is 0 Å². The molecule has 1 aliphatic carbocycles. The minimum absolute atomic E-state index is 0.0380. The number of aliphatic hydroxyl groups is 1. The molecule has 3 rings (SSSR count). The third kappa shape index (κ3) is 4.18. The smallest absolute Gasteiger partial charge is 0.390 e. The van der Waals surface area contributed by atoms with E-state index in [-0.39, 0.29) is 28.6 Å². The molecule has 0 aliphatic heterocycles. The number of amides is 2. The molecule has 2 amide bonds. The lowest BCUT2D eigenvalue weighted by molar-refractivity contribution is -0.141. The number of urea groups is 1. The third-order valence-corrected chi connectivity index (χ3v) is 6.02. The van der Waals surface area contributed by atoms with Gasteiger partial charge in [0.25, 0.3) is 0 Å². The van der Waals surface area contributed by atoms with Crippen molar-refractivity contribution in [3.63, 3.8) is 0 Å². The van der Waals surface area contributed by atoms with Gasteiger partial charge in [-0.25, -0.2) is 19.1 Å². The van der Waals surface area contributed by atoms with Crippen LogP contribution in [0.2, 0.25) is 0 Å². The zero-order valence-electron chi connectivity index (χ0n) is 16.3. The maximum absolute atomic E-state index is 13.3. The number of carbonyl (C=O) groups excluding carboxylic acids is 1. The number of nitrogens with two attached hydrogens (primary N) is 1. The van der Waals surface area contributed by atoms with E-state index in [0.29, 0.717) is 37.1 Å². The molecule has 30 heavy (non-hydrogen) atoms. The zero-order chi connectivity index (χ0) is 22.3. The predicted molar refractivity (Wildman–Crippen MR) is 102 cm³/mol. The summed E-state index contributed by atoms with van der Waals surface area (Å²) in [5.41, 5.74) is -0.256. The molecule has 4 N–H and O–H groups in total. The Morgan fingerprint density at radius 1 is 1.43 bits per heavy atom.